The minimum absolute atomic E-state index is 0.0164. The molecule has 0 saturated carbocycles. The maximum atomic E-state index is 12.4. The first-order valence-corrected chi connectivity index (χ1v) is 7.36. The Morgan fingerprint density at radius 1 is 1.04 bits per heavy atom. The number of hydrogen-bond donors (Lipinski definition) is 3. The first-order chi connectivity index (χ1) is 10.9. The zero-order valence-electron chi connectivity index (χ0n) is 12.7. The number of phenolic OH excluding ortho intramolecular Hbond substituents is 2. The SMILES string of the molecule is CCCCCC(=O)c1cc(O)cc(O)c1-c1cc(O)cc(=O)o1. The summed E-state index contributed by atoms with van der Waals surface area (Å²) in [4.78, 5) is 23.8. The number of unbranched alkanes of at least 4 members (excludes halogenated alkanes) is 2. The van der Waals surface area contributed by atoms with Crippen LogP contribution in [-0.4, -0.2) is 21.1 Å². The Balaban J connectivity index is 2.53. The van der Waals surface area contributed by atoms with Crippen LogP contribution < -0.4 is 5.63 Å². The van der Waals surface area contributed by atoms with Crippen molar-refractivity contribution < 1.29 is 24.5 Å². The number of hydrogen-bond acceptors (Lipinski definition) is 6. The van der Waals surface area contributed by atoms with E-state index in [9.17, 15) is 24.9 Å². The number of rotatable bonds is 6. The van der Waals surface area contributed by atoms with Gasteiger partial charge in [-0.2, -0.15) is 0 Å². The maximum Gasteiger partial charge on any atom is 0.339 e. The predicted molar refractivity (Wildman–Crippen MR) is 83.9 cm³/mol. The van der Waals surface area contributed by atoms with Gasteiger partial charge in [0, 0.05) is 24.1 Å². The molecule has 1 aromatic carbocycles. The fourth-order valence-corrected chi connectivity index (χ4v) is 2.35. The van der Waals surface area contributed by atoms with Crippen LogP contribution in [0.1, 0.15) is 43.0 Å². The second-order valence-corrected chi connectivity index (χ2v) is 5.27. The lowest BCUT2D eigenvalue weighted by Gasteiger charge is -2.11. The molecule has 3 N–H and O–H groups in total. The van der Waals surface area contributed by atoms with Crippen molar-refractivity contribution in [3.8, 4) is 28.6 Å². The van der Waals surface area contributed by atoms with Crippen LogP contribution in [0.4, 0.5) is 0 Å². The molecule has 1 aromatic heterocycles. The molecule has 0 saturated heterocycles. The van der Waals surface area contributed by atoms with Crippen LogP contribution >= 0.6 is 0 Å². The minimum atomic E-state index is -0.808. The number of benzene rings is 1. The van der Waals surface area contributed by atoms with E-state index in [0.717, 1.165) is 31.0 Å². The molecule has 122 valence electrons. The van der Waals surface area contributed by atoms with Crippen molar-refractivity contribution in [1.29, 1.82) is 0 Å². The summed E-state index contributed by atoms with van der Waals surface area (Å²) in [6.07, 6.45) is 2.75. The van der Waals surface area contributed by atoms with E-state index < -0.39 is 11.4 Å². The summed E-state index contributed by atoms with van der Waals surface area (Å²) in [6.45, 7) is 2.01. The molecule has 0 aliphatic rings. The molecule has 2 aromatic rings. The molecule has 2 rings (SSSR count). The van der Waals surface area contributed by atoms with E-state index in [0.29, 0.717) is 6.42 Å². The Labute approximate surface area is 132 Å². The molecule has 0 unspecified atom stereocenters. The van der Waals surface area contributed by atoms with Crippen molar-refractivity contribution in [3.05, 3.63) is 40.2 Å². The van der Waals surface area contributed by atoms with Gasteiger partial charge in [-0.05, 0) is 12.5 Å². The lowest BCUT2D eigenvalue weighted by atomic mass is 9.96. The molecule has 6 nitrogen and oxygen atoms in total. The Morgan fingerprint density at radius 3 is 2.39 bits per heavy atom. The quantitative estimate of drug-likeness (QED) is 0.557. The molecule has 0 aliphatic carbocycles. The number of carbonyl (C=O) groups excluding carboxylic acids is 1. The van der Waals surface area contributed by atoms with E-state index in [-0.39, 0.29) is 40.6 Å². The highest BCUT2D eigenvalue weighted by atomic mass is 16.4. The van der Waals surface area contributed by atoms with Crippen molar-refractivity contribution in [2.24, 2.45) is 0 Å². The van der Waals surface area contributed by atoms with Gasteiger partial charge in [-0.25, -0.2) is 4.79 Å². The molecular weight excluding hydrogens is 300 g/mol. The predicted octanol–water partition coefficient (Wildman–Crippen LogP) is 3.19. The van der Waals surface area contributed by atoms with Gasteiger partial charge < -0.3 is 19.7 Å². The zero-order chi connectivity index (χ0) is 17.0. The van der Waals surface area contributed by atoms with Crippen LogP contribution in [0.25, 0.3) is 11.3 Å². The van der Waals surface area contributed by atoms with Gasteiger partial charge in [0.05, 0.1) is 11.6 Å². The van der Waals surface area contributed by atoms with Gasteiger partial charge in [0.15, 0.2) is 5.78 Å². The Kier molecular flexibility index (Phi) is 5.05. The third-order valence-corrected chi connectivity index (χ3v) is 3.41. The average Bonchev–Trinajstić information content (AvgIpc) is 2.45. The standard InChI is InChI=1S/C17H18O6/c1-2-3-4-5-13(20)12-6-10(18)7-14(21)17(12)15-8-11(19)9-16(22)23-15/h6-9,18-19,21H,2-5H2,1H3. The van der Waals surface area contributed by atoms with Crippen LogP contribution in [0, 0.1) is 0 Å². The third-order valence-electron chi connectivity index (χ3n) is 3.41. The number of Topliss-reactive ketones (excluding diaryl/α,β-unsaturated/α-hetero) is 1. The molecular formula is C17H18O6. The van der Waals surface area contributed by atoms with Crippen molar-refractivity contribution in [2.75, 3.05) is 0 Å². The number of aromatic hydroxyl groups is 3. The molecule has 0 amide bonds. The molecule has 0 bridgehead atoms. The molecule has 0 aliphatic heterocycles. The summed E-state index contributed by atoms with van der Waals surface area (Å²) in [5.41, 5.74) is -0.776. The van der Waals surface area contributed by atoms with Crippen molar-refractivity contribution >= 4 is 5.78 Å². The molecule has 1 heterocycles. The summed E-state index contributed by atoms with van der Waals surface area (Å²) in [5, 5.41) is 29.2. The van der Waals surface area contributed by atoms with Crippen molar-refractivity contribution in [3.63, 3.8) is 0 Å². The van der Waals surface area contributed by atoms with Crippen molar-refractivity contribution in [1.82, 2.24) is 0 Å². The van der Waals surface area contributed by atoms with E-state index in [1.54, 1.807) is 0 Å². The fraction of sp³-hybridized carbons (Fsp3) is 0.294. The first kappa shape index (κ1) is 16.6. The maximum absolute atomic E-state index is 12.4. The minimum Gasteiger partial charge on any atom is -0.508 e. The normalized spacial score (nSPS) is 10.7. The van der Waals surface area contributed by atoms with E-state index in [1.807, 2.05) is 6.92 Å². The van der Waals surface area contributed by atoms with E-state index >= 15 is 0 Å². The Hall–Kier alpha value is -2.76. The van der Waals surface area contributed by atoms with Gasteiger partial charge in [-0.1, -0.05) is 19.8 Å². The van der Waals surface area contributed by atoms with Gasteiger partial charge in [0.1, 0.15) is 23.0 Å². The van der Waals surface area contributed by atoms with Gasteiger partial charge in [-0.3, -0.25) is 4.79 Å². The van der Waals surface area contributed by atoms with E-state index in [2.05, 4.69) is 0 Å². The number of phenols is 2. The smallest absolute Gasteiger partial charge is 0.339 e. The molecule has 23 heavy (non-hydrogen) atoms. The molecule has 0 radical (unpaired) electrons. The van der Waals surface area contributed by atoms with Crippen LogP contribution in [0.5, 0.6) is 17.2 Å². The summed E-state index contributed by atoms with van der Waals surface area (Å²) < 4.78 is 4.97. The largest absolute Gasteiger partial charge is 0.508 e. The summed E-state index contributed by atoms with van der Waals surface area (Å²) in [5.74, 6) is -1.43. The molecule has 0 fully saturated rings. The van der Waals surface area contributed by atoms with Gasteiger partial charge in [0.2, 0.25) is 0 Å². The third kappa shape index (κ3) is 3.91. The second kappa shape index (κ2) is 7.00. The van der Waals surface area contributed by atoms with Crippen molar-refractivity contribution in [2.45, 2.75) is 32.6 Å². The van der Waals surface area contributed by atoms with Crippen LogP contribution in [0.15, 0.2) is 33.5 Å². The summed E-state index contributed by atoms with van der Waals surface area (Å²) >= 11 is 0. The topological polar surface area (TPSA) is 108 Å². The Bertz CT molecular complexity index is 775. The second-order valence-electron chi connectivity index (χ2n) is 5.27. The van der Waals surface area contributed by atoms with Crippen LogP contribution in [-0.2, 0) is 0 Å². The zero-order valence-corrected chi connectivity index (χ0v) is 12.7. The molecule has 6 heteroatoms. The number of ketones is 1. The van der Waals surface area contributed by atoms with E-state index in [4.69, 9.17) is 4.42 Å². The lowest BCUT2D eigenvalue weighted by Crippen LogP contribution is -2.04. The van der Waals surface area contributed by atoms with Crippen LogP contribution in [0.2, 0.25) is 0 Å². The highest BCUT2D eigenvalue weighted by molar-refractivity contribution is 6.03. The highest BCUT2D eigenvalue weighted by Crippen LogP contribution is 2.37. The monoisotopic (exact) mass is 318 g/mol. The van der Waals surface area contributed by atoms with Gasteiger partial charge in [0.25, 0.3) is 0 Å². The average molecular weight is 318 g/mol. The fourth-order valence-electron chi connectivity index (χ4n) is 2.35. The summed E-state index contributed by atoms with van der Waals surface area (Å²) in [6, 6.07) is 4.27. The first-order valence-electron chi connectivity index (χ1n) is 7.36. The molecule has 0 spiro atoms. The molecule has 0 atom stereocenters. The van der Waals surface area contributed by atoms with Crippen LogP contribution in [0.3, 0.4) is 0 Å². The highest BCUT2D eigenvalue weighted by Gasteiger charge is 2.20. The number of carbonyl (C=O) groups is 1. The summed E-state index contributed by atoms with van der Waals surface area (Å²) in [7, 11) is 0. The lowest BCUT2D eigenvalue weighted by molar-refractivity contribution is 0.0979. The van der Waals surface area contributed by atoms with E-state index in [1.165, 1.54) is 6.07 Å². The van der Waals surface area contributed by atoms with Gasteiger partial charge >= 0.3 is 5.63 Å². The Morgan fingerprint density at radius 2 is 1.74 bits per heavy atom. The van der Waals surface area contributed by atoms with Gasteiger partial charge in [-0.15, -0.1) is 0 Å².